The Kier molecular flexibility index (Phi) is 6.11. The Morgan fingerprint density at radius 2 is 1.96 bits per heavy atom. The highest BCUT2D eigenvalue weighted by Crippen LogP contribution is 2.20. The summed E-state index contributed by atoms with van der Waals surface area (Å²) in [6.45, 7) is 1.64. The quantitative estimate of drug-likeness (QED) is 0.637. The Morgan fingerprint density at radius 1 is 1.17 bits per heavy atom. The van der Waals surface area contributed by atoms with Gasteiger partial charge in [0.15, 0.2) is 6.61 Å². The fraction of sp³-hybridized carbons (Fsp3) is 0.111. The highest BCUT2D eigenvalue weighted by Gasteiger charge is 2.07. The standard InChI is InChI=1S/C18H16BrNO3/c1-13-5-4-6-14(11-13)9-10-18(22)23-12-17(21)20-16-8-3-2-7-15(16)19/h2-11H,12H2,1H3,(H,20,21)/b10-9+. The molecule has 0 radical (unpaired) electrons. The van der Waals surface area contributed by atoms with Gasteiger partial charge in [0.25, 0.3) is 5.91 Å². The Hall–Kier alpha value is -2.40. The maximum atomic E-state index is 11.8. The van der Waals surface area contributed by atoms with E-state index in [0.29, 0.717) is 5.69 Å². The first kappa shape index (κ1) is 17.0. The van der Waals surface area contributed by atoms with Gasteiger partial charge in [-0.25, -0.2) is 4.79 Å². The Bertz CT molecular complexity index is 741. The number of anilines is 1. The van der Waals surface area contributed by atoms with E-state index >= 15 is 0 Å². The van der Waals surface area contributed by atoms with Crippen molar-refractivity contribution in [2.24, 2.45) is 0 Å². The van der Waals surface area contributed by atoms with Crippen LogP contribution in [0.5, 0.6) is 0 Å². The van der Waals surface area contributed by atoms with Crippen LogP contribution >= 0.6 is 15.9 Å². The van der Waals surface area contributed by atoms with Crippen LogP contribution in [-0.4, -0.2) is 18.5 Å². The van der Waals surface area contributed by atoms with Crippen molar-refractivity contribution in [1.29, 1.82) is 0 Å². The molecule has 0 unspecified atom stereocenters. The molecule has 0 atom stereocenters. The number of benzene rings is 2. The number of esters is 1. The number of carbonyl (C=O) groups excluding carboxylic acids is 2. The largest absolute Gasteiger partial charge is 0.452 e. The summed E-state index contributed by atoms with van der Waals surface area (Å²) in [5.74, 6) is -0.956. The third kappa shape index (κ3) is 5.71. The van der Waals surface area contributed by atoms with Gasteiger partial charge < -0.3 is 10.1 Å². The predicted octanol–water partition coefficient (Wildman–Crippen LogP) is 3.95. The SMILES string of the molecule is Cc1cccc(/C=C/C(=O)OCC(=O)Nc2ccccc2Br)c1. The highest BCUT2D eigenvalue weighted by molar-refractivity contribution is 9.10. The van der Waals surface area contributed by atoms with Crippen LogP contribution in [0.2, 0.25) is 0 Å². The zero-order valence-corrected chi connectivity index (χ0v) is 14.2. The molecule has 0 saturated heterocycles. The summed E-state index contributed by atoms with van der Waals surface area (Å²) in [4.78, 5) is 23.4. The lowest BCUT2D eigenvalue weighted by atomic mass is 10.1. The second kappa shape index (κ2) is 8.29. The molecule has 1 amide bonds. The van der Waals surface area contributed by atoms with Crippen molar-refractivity contribution >= 4 is 39.6 Å². The normalized spacial score (nSPS) is 10.5. The molecule has 23 heavy (non-hydrogen) atoms. The molecule has 0 bridgehead atoms. The summed E-state index contributed by atoms with van der Waals surface area (Å²) in [7, 11) is 0. The number of rotatable bonds is 5. The predicted molar refractivity (Wildman–Crippen MR) is 93.9 cm³/mol. The lowest BCUT2D eigenvalue weighted by Gasteiger charge is -2.06. The summed E-state index contributed by atoms with van der Waals surface area (Å²) < 4.78 is 5.68. The van der Waals surface area contributed by atoms with Gasteiger partial charge in [-0.2, -0.15) is 0 Å². The molecule has 0 heterocycles. The van der Waals surface area contributed by atoms with Crippen LogP contribution in [0.15, 0.2) is 59.1 Å². The van der Waals surface area contributed by atoms with E-state index in [9.17, 15) is 9.59 Å². The van der Waals surface area contributed by atoms with Crippen molar-refractivity contribution in [3.05, 3.63) is 70.2 Å². The monoisotopic (exact) mass is 373 g/mol. The lowest BCUT2D eigenvalue weighted by Crippen LogP contribution is -2.20. The first-order valence-corrected chi connectivity index (χ1v) is 7.80. The van der Waals surface area contributed by atoms with Crippen molar-refractivity contribution in [1.82, 2.24) is 0 Å². The van der Waals surface area contributed by atoms with Gasteiger partial charge in [0, 0.05) is 10.5 Å². The molecule has 0 aliphatic carbocycles. The van der Waals surface area contributed by atoms with E-state index in [-0.39, 0.29) is 6.61 Å². The molecule has 2 rings (SSSR count). The van der Waals surface area contributed by atoms with E-state index in [4.69, 9.17) is 4.74 Å². The van der Waals surface area contributed by atoms with Crippen molar-refractivity contribution in [3.8, 4) is 0 Å². The fourth-order valence-corrected chi connectivity index (χ4v) is 2.26. The van der Waals surface area contributed by atoms with Crippen molar-refractivity contribution in [2.75, 3.05) is 11.9 Å². The molecule has 2 aromatic rings. The molecule has 0 spiro atoms. The van der Waals surface area contributed by atoms with Crippen LogP contribution in [0.3, 0.4) is 0 Å². The number of para-hydroxylation sites is 1. The van der Waals surface area contributed by atoms with Crippen molar-refractivity contribution in [2.45, 2.75) is 6.92 Å². The minimum atomic E-state index is -0.561. The molecule has 118 valence electrons. The van der Waals surface area contributed by atoms with E-state index in [2.05, 4.69) is 21.2 Å². The van der Waals surface area contributed by atoms with Crippen LogP contribution in [0, 0.1) is 6.92 Å². The topological polar surface area (TPSA) is 55.4 Å². The van der Waals surface area contributed by atoms with Gasteiger partial charge in [-0.3, -0.25) is 4.79 Å². The maximum Gasteiger partial charge on any atom is 0.331 e. The van der Waals surface area contributed by atoms with Gasteiger partial charge >= 0.3 is 5.97 Å². The van der Waals surface area contributed by atoms with E-state index < -0.39 is 11.9 Å². The van der Waals surface area contributed by atoms with Crippen LogP contribution in [0.4, 0.5) is 5.69 Å². The number of ether oxygens (including phenoxy) is 1. The van der Waals surface area contributed by atoms with Gasteiger partial charge in [-0.05, 0) is 46.6 Å². The van der Waals surface area contributed by atoms with Crippen LogP contribution < -0.4 is 5.32 Å². The summed E-state index contributed by atoms with van der Waals surface area (Å²) in [6, 6.07) is 14.9. The van der Waals surface area contributed by atoms with Gasteiger partial charge in [0.1, 0.15) is 0 Å². The summed E-state index contributed by atoms with van der Waals surface area (Å²) >= 11 is 3.33. The Morgan fingerprint density at radius 3 is 2.70 bits per heavy atom. The zero-order valence-electron chi connectivity index (χ0n) is 12.6. The van der Waals surface area contributed by atoms with E-state index in [1.807, 2.05) is 43.3 Å². The highest BCUT2D eigenvalue weighted by atomic mass is 79.9. The van der Waals surface area contributed by atoms with Crippen molar-refractivity contribution in [3.63, 3.8) is 0 Å². The second-order valence-corrected chi connectivity index (χ2v) is 5.74. The summed E-state index contributed by atoms with van der Waals surface area (Å²) in [5.41, 5.74) is 2.64. The molecule has 0 aliphatic heterocycles. The minimum Gasteiger partial charge on any atom is -0.452 e. The Labute approximate surface area is 143 Å². The molecule has 2 aromatic carbocycles. The molecule has 1 N–H and O–H groups in total. The van der Waals surface area contributed by atoms with E-state index in [1.54, 1.807) is 18.2 Å². The molecular weight excluding hydrogens is 358 g/mol. The number of halogens is 1. The van der Waals surface area contributed by atoms with Crippen LogP contribution in [0.1, 0.15) is 11.1 Å². The molecule has 0 fully saturated rings. The number of hydrogen-bond acceptors (Lipinski definition) is 3. The van der Waals surface area contributed by atoms with Gasteiger partial charge in [0.05, 0.1) is 5.69 Å². The molecular formula is C18H16BrNO3. The van der Waals surface area contributed by atoms with Gasteiger partial charge in [-0.15, -0.1) is 0 Å². The average molecular weight is 374 g/mol. The number of amides is 1. The summed E-state index contributed by atoms with van der Waals surface area (Å²) in [5, 5.41) is 2.66. The number of nitrogens with one attached hydrogen (secondary N) is 1. The number of hydrogen-bond donors (Lipinski definition) is 1. The zero-order chi connectivity index (χ0) is 16.7. The van der Waals surface area contributed by atoms with E-state index in [0.717, 1.165) is 15.6 Å². The third-order valence-electron chi connectivity index (χ3n) is 2.95. The molecule has 5 heteroatoms. The first-order chi connectivity index (χ1) is 11.0. The molecule has 0 aliphatic rings. The number of aryl methyl sites for hydroxylation is 1. The summed E-state index contributed by atoms with van der Waals surface area (Å²) in [6.07, 6.45) is 2.96. The van der Waals surface area contributed by atoms with Crippen LogP contribution in [-0.2, 0) is 14.3 Å². The van der Waals surface area contributed by atoms with Gasteiger partial charge in [0.2, 0.25) is 0 Å². The second-order valence-electron chi connectivity index (χ2n) is 4.88. The smallest absolute Gasteiger partial charge is 0.331 e. The first-order valence-electron chi connectivity index (χ1n) is 7.00. The third-order valence-corrected chi connectivity index (χ3v) is 3.64. The Balaban J connectivity index is 1.82. The number of carbonyl (C=O) groups is 2. The minimum absolute atomic E-state index is 0.335. The fourth-order valence-electron chi connectivity index (χ4n) is 1.87. The lowest BCUT2D eigenvalue weighted by molar-refractivity contribution is -0.142. The van der Waals surface area contributed by atoms with Gasteiger partial charge in [-0.1, -0.05) is 42.0 Å². The van der Waals surface area contributed by atoms with E-state index in [1.165, 1.54) is 6.08 Å². The molecule has 0 aromatic heterocycles. The maximum absolute atomic E-state index is 11.8. The molecule has 0 saturated carbocycles. The van der Waals surface area contributed by atoms with Crippen molar-refractivity contribution < 1.29 is 14.3 Å². The van der Waals surface area contributed by atoms with Crippen LogP contribution in [0.25, 0.3) is 6.08 Å². The molecule has 4 nitrogen and oxygen atoms in total. The average Bonchev–Trinajstić information content (AvgIpc) is 2.53.